The third-order valence-corrected chi connectivity index (χ3v) is 5.94. The number of halogens is 4. The summed E-state index contributed by atoms with van der Waals surface area (Å²) in [6.45, 7) is 0.742. The minimum Gasteiger partial charge on any atom is -0.486 e. The second kappa shape index (κ2) is 9.65. The zero-order chi connectivity index (χ0) is 25.2. The molecule has 1 saturated heterocycles. The van der Waals surface area contributed by atoms with Crippen molar-refractivity contribution in [3.05, 3.63) is 59.9 Å². The van der Waals surface area contributed by atoms with Crippen LogP contribution in [0.1, 0.15) is 24.2 Å². The van der Waals surface area contributed by atoms with E-state index in [1.807, 2.05) is 0 Å². The highest BCUT2D eigenvalue weighted by Crippen LogP contribution is 2.31. The molecule has 1 aliphatic heterocycles. The van der Waals surface area contributed by atoms with E-state index in [-0.39, 0.29) is 25.3 Å². The monoisotopic (exact) mass is 491 g/mol. The molecule has 1 fully saturated rings. The Morgan fingerprint density at radius 1 is 1.14 bits per heavy atom. The summed E-state index contributed by atoms with van der Waals surface area (Å²) in [4.78, 5) is 14.3. The van der Waals surface area contributed by atoms with Crippen LogP contribution < -0.4 is 10.1 Å². The second-order valence-corrected chi connectivity index (χ2v) is 8.65. The van der Waals surface area contributed by atoms with Crippen molar-refractivity contribution < 1.29 is 27.1 Å². The van der Waals surface area contributed by atoms with Crippen molar-refractivity contribution in [3.63, 3.8) is 0 Å². The fraction of sp³-hybridized carbons (Fsp3) is 0.375. The van der Waals surface area contributed by atoms with Gasteiger partial charge in [-0.3, -0.25) is 4.79 Å². The molecule has 1 aliphatic rings. The molecule has 0 saturated carbocycles. The van der Waals surface area contributed by atoms with Crippen LogP contribution in [0.2, 0.25) is 0 Å². The number of likely N-dealkylation sites (tertiary alicyclic amines) is 1. The lowest BCUT2D eigenvalue weighted by Gasteiger charge is -2.34. The number of carbonyl (C=O) groups excluding carboxylic acids is 1. The Morgan fingerprint density at radius 3 is 2.57 bits per heavy atom. The number of hydrogen-bond acceptors (Lipinski definition) is 5. The molecular formula is C24H25F4N5O2. The second-order valence-electron chi connectivity index (χ2n) is 8.65. The van der Waals surface area contributed by atoms with Crippen LogP contribution >= 0.6 is 0 Å². The molecule has 4 rings (SSSR count). The predicted octanol–water partition coefficient (Wildman–Crippen LogP) is 4.45. The Morgan fingerprint density at radius 2 is 1.89 bits per heavy atom. The molecule has 1 atom stereocenters. The van der Waals surface area contributed by atoms with Gasteiger partial charge in [-0.2, -0.15) is 13.2 Å². The first-order valence-electron chi connectivity index (χ1n) is 11.0. The lowest BCUT2D eigenvalue weighted by molar-refractivity contribution is -0.137. The van der Waals surface area contributed by atoms with Crippen molar-refractivity contribution in [1.82, 2.24) is 19.7 Å². The van der Waals surface area contributed by atoms with Crippen LogP contribution in [0.15, 0.2) is 48.5 Å². The third kappa shape index (κ3) is 5.61. The molecule has 1 aromatic heterocycles. The Bertz CT molecular complexity index is 1200. The number of amides is 1. The molecule has 0 radical (unpaired) electrons. The minimum absolute atomic E-state index is 0.0567. The minimum atomic E-state index is -4.46. The number of carbonyl (C=O) groups is 1. The molecule has 2 aromatic carbocycles. The number of piperidine rings is 1. The van der Waals surface area contributed by atoms with E-state index in [0.29, 0.717) is 29.3 Å². The summed E-state index contributed by atoms with van der Waals surface area (Å²) >= 11 is 0. The first-order chi connectivity index (χ1) is 16.5. The van der Waals surface area contributed by atoms with Crippen molar-refractivity contribution in [3.8, 4) is 17.1 Å². The number of benzene rings is 2. The fourth-order valence-corrected chi connectivity index (χ4v) is 3.99. The van der Waals surface area contributed by atoms with Gasteiger partial charge in [-0.25, -0.2) is 4.39 Å². The van der Waals surface area contributed by atoms with Gasteiger partial charge in [0.2, 0.25) is 5.67 Å². The maximum atomic E-state index is 15.0. The van der Waals surface area contributed by atoms with Crippen molar-refractivity contribution in [1.29, 1.82) is 0 Å². The van der Waals surface area contributed by atoms with Crippen LogP contribution in [-0.4, -0.2) is 51.4 Å². The molecule has 2 heterocycles. The van der Waals surface area contributed by atoms with Gasteiger partial charge in [-0.1, -0.05) is 6.07 Å². The summed E-state index contributed by atoms with van der Waals surface area (Å²) < 4.78 is 60.8. The number of rotatable bonds is 6. The van der Waals surface area contributed by atoms with E-state index in [2.05, 4.69) is 15.5 Å². The molecule has 11 heteroatoms. The summed E-state index contributed by atoms with van der Waals surface area (Å²) in [6, 6.07) is 11.3. The van der Waals surface area contributed by atoms with Crippen LogP contribution in [0.3, 0.4) is 0 Å². The van der Waals surface area contributed by atoms with Crippen LogP contribution in [0.4, 0.5) is 23.2 Å². The molecule has 186 valence electrons. The van der Waals surface area contributed by atoms with Gasteiger partial charge >= 0.3 is 6.18 Å². The van der Waals surface area contributed by atoms with Gasteiger partial charge in [-0.15, -0.1) is 10.2 Å². The predicted molar refractivity (Wildman–Crippen MR) is 121 cm³/mol. The van der Waals surface area contributed by atoms with Gasteiger partial charge in [-0.05, 0) is 68.9 Å². The van der Waals surface area contributed by atoms with E-state index in [9.17, 15) is 18.0 Å². The van der Waals surface area contributed by atoms with Crippen molar-refractivity contribution >= 4 is 11.6 Å². The molecular weight excluding hydrogens is 466 g/mol. The standard InChI is InChI=1S/C24H25F4N5O2/c1-32-12-4-11-23(25,15-32)22(34)29-18-9-7-16(8-10-18)21-31-30-20(33(21)2)14-35-19-6-3-5-17(13-19)24(26,27)28/h3,5-10,13H,4,11-12,14-15H2,1-2H3,(H,29,34). The number of hydrogen-bond donors (Lipinski definition) is 1. The average Bonchev–Trinajstić information content (AvgIpc) is 3.18. The maximum absolute atomic E-state index is 15.0. The summed E-state index contributed by atoms with van der Waals surface area (Å²) in [6.07, 6.45) is -3.66. The Hall–Kier alpha value is -3.47. The molecule has 7 nitrogen and oxygen atoms in total. The molecule has 3 aromatic rings. The number of nitrogens with one attached hydrogen (secondary N) is 1. The van der Waals surface area contributed by atoms with Crippen LogP contribution in [-0.2, 0) is 24.6 Å². The highest BCUT2D eigenvalue weighted by molar-refractivity contribution is 5.97. The molecule has 0 aliphatic carbocycles. The van der Waals surface area contributed by atoms with Crippen molar-refractivity contribution in [2.45, 2.75) is 31.3 Å². The van der Waals surface area contributed by atoms with Crippen molar-refractivity contribution in [2.24, 2.45) is 7.05 Å². The van der Waals surface area contributed by atoms with Gasteiger partial charge in [0.05, 0.1) is 5.56 Å². The average molecular weight is 491 g/mol. The van der Waals surface area contributed by atoms with Gasteiger partial charge in [0.1, 0.15) is 12.4 Å². The van der Waals surface area contributed by atoms with Crippen molar-refractivity contribution in [2.75, 3.05) is 25.5 Å². The lowest BCUT2D eigenvalue weighted by Crippen LogP contribution is -2.51. The molecule has 1 amide bonds. The van der Waals surface area contributed by atoms with E-state index in [4.69, 9.17) is 4.74 Å². The topological polar surface area (TPSA) is 72.3 Å². The van der Waals surface area contributed by atoms with Crippen LogP contribution in [0.5, 0.6) is 5.75 Å². The Labute approximate surface area is 199 Å². The molecule has 0 bridgehead atoms. The normalized spacial score (nSPS) is 18.9. The quantitative estimate of drug-likeness (QED) is 0.516. The molecule has 1 unspecified atom stereocenters. The summed E-state index contributed by atoms with van der Waals surface area (Å²) in [5.41, 5.74) is -1.57. The number of alkyl halides is 4. The molecule has 35 heavy (non-hydrogen) atoms. The van der Waals surface area contributed by atoms with Gasteiger partial charge in [0.25, 0.3) is 5.91 Å². The van der Waals surface area contributed by atoms with E-state index < -0.39 is 23.3 Å². The smallest absolute Gasteiger partial charge is 0.416 e. The number of ether oxygens (including phenoxy) is 1. The van der Waals surface area contributed by atoms with Gasteiger partial charge in [0.15, 0.2) is 11.6 Å². The van der Waals surface area contributed by atoms with E-state index in [1.165, 1.54) is 12.1 Å². The third-order valence-electron chi connectivity index (χ3n) is 5.94. The number of anilines is 1. The Balaban J connectivity index is 1.41. The summed E-state index contributed by atoms with van der Waals surface area (Å²) in [5, 5.41) is 10.8. The molecule has 0 spiro atoms. The van der Waals surface area contributed by atoms with Gasteiger partial charge in [0, 0.05) is 24.8 Å². The highest BCUT2D eigenvalue weighted by Gasteiger charge is 2.41. The fourth-order valence-electron chi connectivity index (χ4n) is 3.99. The lowest BCUT2D eigenvalue weighted by atomic mass is 9.94. The number of aromatic nitrogens is 3. The largest absolute Gasteiger partial charge is 0.486 e. The summed E-state index contributed by atoms with van der Waals surface area (Å²) in [5.74, 6) is 0.320. The Kier molecular flexibility index (Phi) is 6.79. The first-order valence-corrected chi connectivity index (χ1v) is 11.0. The summed E-state index contributed by atoms with van der Waals surface area (Å²) in [7, 11) is 3.50. The van der Waals surface area contributed by atoms with E-state index in [1.54, 1.807) is 47.8 Å². The highest BCUT2D eigenvalue weighted by atomic mass is 19.4. The zero-order valence-electron chi connectivity index (χ0n) is 19.3. The van der Waals surface area contributed by atoms with Crippen LogP contribution in [0, 0.1) is 0 Å². The zero-order valence-corrected chi connectivity index (χ0v) is 19.3. The number of nitrogens with zero attached hydrogens (tertiary/aromatic N) is 4. The van der Waals surface area contributed by atoms with E-state index in [0.717, 1.165) is 18.7 Å². The van der Waals surface area contributed by atoms with E-state index >= 15 is 4.39 Å². The van der Waals surface area contributed by atoms with Crippen LogP contribution in [0.25, 0.3) is 11.4 Å². The maximum Gasteiger partial charge on any atom is 0.416 e. The van der Waals surface area contributed by atoms with Gasteiger partial charge < -0.3 is 19.5 Å². The first kappa shape index (κ1) is 24.6. The molecule has 1 N–H and O–H groups in total. The SMILES string of the molecule is CN1CCCC(F)(C(=O)Nc2ccc(-c3nnc(COc4cccc(C(F)(F)F)c4)n3C)cc2)C1.